The van der Waals surface area contributed by atoms with E-state index >= 15 is 0 Å². The Hall–Kier alpha value is -1.92. The van der Waals surface area contributed by atoms with Crippen molar-refractivity contribution in [2.24, 2.45) is 0 Å². The van der Waals surface area contributed by atoms with Crippen molar-refractivity contribution in [1.29, 1.82) is 0 Å². The van der Waals surface area contributed by atoms with E-state index in [0.717, 1.165) is 36.2 Å². The number of sulfonamides is 1. The Balaban J connectivity index is 1.82. The maximum absolute atomic E-state index is 13.1. The van der Waals surface area contributed by atoms with Crippen molar-refractivity contribution in [1.82, 2.24) is 9.29 Å². The Bertz CT molecular complexity index is 832. The van der Waals surface area contributed by atoms with Crippen LogP contribution < -0.4 is 5.32 Å². The van der Waals surface area contributed by atoms with Crippen LogP contribution in [0.3, 0.4) is 0 Å². The van der Waals surface area contributed by atoms with Gasteiger partial charge < -0.3 is 5.32 Å². The number of nitrogens with one attached hydrogen (secondary N) is 1. The highest BCUT2D eigenvalue weighted by Crippen LogP contribution is 2.36. The molecule has 6 heteroatoms. The van der Waals surface area contributed by atoms with Gasteiger partial charge in [-0.25, -0.2) is 13.4 Å². The van der Waals surface area contributed by atoms with E-state index in [0.29, 0.717) is 17.5 Å². The van der Waals surface area contributed by atoms with Crippen LogP contribution in [0.25, 0.3) is 0 Å². The number of pyridine rings is 1. The zero-order valence-electron chi connectivity index (χ0n) is 15.6. The Morgan fingerprint density at radius 3 is 2.58 bits per heavy atom. The molecule has 0 unspecified atom stereocenters. The van der Waals surface area contributed by atoms with Crippen LogP contribution in [0.15, 0.2) is 47.5 Å². The van der Waals surface area contributed by atoms with E-state index in [1.807, 2.05) is 31.2 Å². The molecule has 0 saturated carbocycles. The van der Waals surface area contributed by atoms with Gasteiger partial charge in [0.15, 0.2) is 0 Å². The fourth-order valence-electron chi connectivity index (χ4n) is 3.25. The molecule has 5 nitrogen and oxygen atoms in total. The minimum Gasteiger partial charge on any atom is -0.368 e. The molecule has 1 fully saturated rings. The van der Waals surface area contributed by atoms with Crippen molar-refractivity contribution in [3.63, 3.8) is 0 Å². The van der Waals surface area contributed by atoms with Gasteiger partial charge in [0, 0.05) is 18.8 Å². The quantitative estimate of drug-likeness (QED) is 0.827. The topological polar surface area (TPSA) is 62.3 Å². The summed E-state index contributed by atoms with van der Waals surface area (Å²) < 4.78 is 27.8. The molecule has 2 aromatic rings. The summed E-state index contributed by atoms with van der Waals surface area (Å²) in [5, 5.41) is 3.34. The summed E-state index contributed by atoms with van der Waals surface area (Å²) in [6, 6.07) is 11.2. The first-order valence-electron chi connectivity index (χ1n) is 9.23. The van der Waals surface area contributed by atoms with Gasteiger partial charge >= 0.3 is 0 Å². The third kappa shape index (κ3) is 3.91. The number of rotatable bonds is 6. The molecule has 0 spiro atoms. The van der Waals surface area contributed by atoms with Crippen molar-refractivity contribution in [3.8, 4) is 0 Å². The number of benzene rings is 1. The summed E-state index contributed by atoms with van der Waals surface area (Å²) in [4.78, 5) is 4.84. The van der Waals surface area contributed by atoms with E-state index < -0.39 is 10.0 Å². The second-order valence-corrected chi connectivity index (χ2v) is 8.91. The highest BCUT2D eigenvalue weighted by molar-refractivity contribution is 7.89. The predicted molar refractivity (Wildman–Crippen MR) is 105 cm³/mol. The van der Waals surface area contributed by atoms with E-state index in [1.54, 1.807) is 22.6 Å². The Labute approximate surface area is 156 Å². The lowest BCUT2D eigenvalue weighted by Crippen LogP contribution is -2.30. The van der Waals surface area contributed by atoms with Crippen molar-refractivity contribution < 1.29 is 8.42 Å². The smallest absolute Gasteiger partial charge is 0.243 e. The average molecular weight is 374 g/mol. The largest absolute Gasteiger partial charge is 0.368 e. The molecule has 1 N–H and O–H groups in total. The molecule has 0 radical (unpaired) electrons. The molecule has 1 aliphatic heterocycles. The monoisotopic (exact) mass is 373 g/mol. The molecule has 0 amide bonds. The lowest BCUT2D eigenvalue weighted by molar-refractivity contribution is 0.396. The van der Waals surface area contributed by atoms with Gasteiger partial charge in [0.1, 0.15) is 5.82 Å². The lowest BCUT2D eigenvalue weighted by Gasteiger charge is -2.24. The molecule has 3 rings (SSSR count). The molecule has 2 heterocycles. The Morgan fingerprint density at radius 2 is 1.96 bits per heavy atom. The van der Waals surface area contributed by atoms with Crippen molar-refractivity contribution in [3.05, 3.63) is 53.7 Å². The highest BCUT2D eigenvalue weighted by atomic mass is 32.2. The second-order valence-electron chi connectivity index (χ2n) is 7.02. The van der Waals surface area contributed by atoms with E-state index in [1.165, 1.54) is 0 Å². The van der Waals surface area contributed by atoms with E-state index in [-0.39, 0.29) is 6.04 Å². The Kier molecular flexibility index (Phi) is 5.63. The molecule has 1 saturated heterocycles. The van der Waals surface area contributed by atoms with E-state index in [9.17, 15) is 8.42 Å². The average Bonchev–Trinajstić information content (AvgIpc) is 3.13. The van der Waals surface area contributed by atoms with Crippen molar-refractivity contribution in [2.75, 3.05) is 11.9 Å². The predicted octanol–water partition coefficient (Wildman–Crippen LogP) is 4.13. The lowest BCUT2D eigenvalue weighted by atomic mass is 10.1. The fourth-order valence-corrected chi connectivity index (χ4v) is 4.93. The molecular formula is C20H27N3O2S. The van der Waals surface area contributed by atoms with Gasteiger partial charge in [-0.1, -0.05) is 30.7 Å². The zero-order valence-corrected chi connectivity index (χ0v) is 16.5. The zero-order chi connectivity index (χ0) is 18.7. The van der Waals surface area contributed by atoms with Gasteiger partial charge in [-0.15, -0.1) is 0 Å². The molecular weight excluding hydrogens is 346 g/mol. The maximum Gasteiger partial charge on any atom is 0.243 e. The number of anilines is 1. The third-order valence-electron chi connectivity index (χ3n) is 5.01. The van der Waals surface area contributed by atoms with Crippen LogP contribution in [0.1, 0.15) is 50.3 Å². The minimum atomic E-state index is -3.50. The van der Waals surface area contributed by atoms with Crippen molar-refractivity contribution >= 4 is 15.8 Å². The summed E-state index contributed by atoms with van der Waals surface area (Å²) in [6.07, 6.45) is 4.51. The molecule has 0 aliphatic carbocycles. The molecule has 26 heavy (non-hydrogen) atoms. The summed E-state index contributed by atoms with van der Waals surface area (Å²) in [5.41, 5.74) is 2.00. The first-order valence-corrected chi connectivity index (χ1v) is 10.7. The summed E-state index contributed by atoms with van der Waals surface area (Å²) >= 11 is 0. The standard InChI is InChI=1S/C20H27N3O2S/c1-4-16(3)22-20-12-9-17(14-21-20)19-6-5-13-23(19)26(24,25)18-10-7-15(2)8-11-18/h7-12,14,16,19H,4-6,13H2,1-3H3,(H,21,22)/t16-,19-/m0/s1. The fraction of sp³-hybridized carbons (Fsp3) is 0.450. The molecule has 0 bridgehead atoms. The number of nitrogens with zero attached hydrogens (tertiary/aromatic N) is 2. The summed E-state index contributed by atoms with van der Waals surface area (Å²) in [7, 11) is -3.50. The van der Waals surface area contributed by atoms with E-state index in [2.05, 4.69) is 24.1 Å². The normalized spacial score (nSPS) is 19.4. The first kappa shape index (κ1) is 18.9. The SMILES string of the molecule is CC[C@H](C)Nc1ccc([C@@H]2CCCN2S(=O)(=O)c2ccc(C)cc2)cn1. The van der Waals surface area contributed by atoms with Gasteiger partial charge in [0.2, 0.25) is 10.0 Å². The van der Waals surface area contributed by atoms with Crippen LogP contribution >= 0.6 is 0 Å². The minimum absolute atomic E-state index is 0.147. The van der Waals surface area contributed by atoms with Crippen LogP contribution in [0.2, 0.25) is 0 Å². The van der Waals surface area contributed by atoms with Gasteiger partial charge in [0.25, 0.3) is 0 Å². The van der Waals surface area contributed by atoms with Crippen LogP contribution in [-0.4, -0.2) is 30.3 Å². The number of aromatic nitrogens is 1. The highest BCUT2D eigenvalue weighted by Gasteiger charge is 2.36. The first-order chi connectivity index (χ1) is 12.4. The number of hydrogen-bond acceptors (Lipinski definition) is 4. The van der Waals surface area contributed by atoms with E-state index in [4.69, 9.17) is 0 Å². The third-order valence-corrected chi connectivity index (χ3v) is 6.93. The molecule has 140 valence electrons. The van der Waals surface area contributed by atoms with Gasteiger partial charge in [-0.2, -0.15) is 4.31 Å². The number of aryl methyl sites for hydroxylation is 1. The van der Waals surface area contributed by atoms with Crippen LogP contribution in [0, 0.1) is 6.92 Å². The molecule has 1 aliphatic rings. The van der Waals surface area contributed by atoms with Crippen LogP contribution in [-0.2, 0) is 10.0 Å². The second kappa shape index (κ2) is 7.76. The van der Waals surface area contributed by atoms with Crippen molar-refractivity contribution in [2.45, 2.75) is 57.0 Å². The summed E-state index contributed by atoms with van der Waals surface area (Å²) in [5.74, 6) is 0.828. The summed E-state index contributed by atoms with van der Waals surface area (Å²) in [6.45, 7) is 6.74. The number of hydrogen-bond donors (Lipinski definition) is 1. The van der Waals surface area contributed by atoms with Gasteiger partial charge in [-0.3, -0.25) is 0 Å². The van der Waals surface area contributed by atoms with Gasteiger partial charge in [-0.05, 0) is 56.9 Å². The molecule has 2 atom stereocenters. The molecule has 1 aromatic carbocycles. The van der Waals surface area contributed by atoms with Crippen LogP contribution in [0.4, 0.5) is 5.82 Å². The Morgan fingerprint density at radius 1 is 1.23 bits per heavy atom. The molecule has 1 aromatic heterocycles. The van der Waals surface area contributed by atoms with Gasteiger partial charge in [0.05, 0.1) is 10.9 Å². The van der Waals surface area contributed by atoms with Crippen LogP contribution in [0.5, 0.6) is 0 Å². The maximum atomic E-state index is 13.1.